The number of carbonyl (C=O) groups excluding carboxylic acids is 1. The van der Waals surface area contributed by atoms with Crippen molar-refractivity contribution in [2.75, 3.05) is 58.5 Å². The van der Waals surface area contributed by atoms with Crippen molar-refractivity contribution in [3.05, 3.63) is 26.6 Å². The van der Waals surface area contributed by atoms with Crippen molar-refractivity contribution in [1.29, 1.82) is 0 Å². The normalized spacial score (nSPS) is 32.0. The third-order valence-electron chi connectivity index (χ3n) is 5.02. The van der Waals surface area contributed by atoms with Gasteiger partial charge in [0.05, 0.1) is 35.6 Å². The minimum Gasteiger partial charge on any atom is -0.491 e. The van der Waals surface area contributed by atoms with E-state index >= 15 is 0 Å². The molecule has 0 spiro atoms. The Hall–Kier alpha value is -0.0300. The smallest absolute Gasteiger partial charge is 0.217 e. The molecule has 6 nitrogen and oxygen atoms in total. The highest BCUT2D eigenvalue weighted by Gasteiger charge is 2.49. The van der Waals surface area contributed by atoms with Crippen LogP contribution in [0.4, 0.5) is 0 Å². The number of alkyl halides is 1. The molecular weight excluding hydrogens is 532 g/mol. The van der Waals surface area contributed by atoms with Crippen molar-refractivity contribution in [1.82, 2.24) is 14.7 Å². The van der Waals surface area contributed by atoms with Crippen molar-refractivity contribution in [3.63, 3.8) is 0 Å². The maximum absolute atomic E-state index is 13.0. The number of Topliss-reactive ketones (excluding diaryl/α,β-unsaturated/α-hetero) is 1. The number of hydrogen-bond donors (Lipinski definition) is 0. The Labute approximate surface area is 179 Å². The van der Waals surface area contributed by atoms with Crippen LogP contribution in [0.5, 0.6) is 5.75 Å². The van der Waals surface area contributed by atoms with Crippen LogP contribution < -0.4 is 4.74 Å². The summed E-state index contributed by atoms with van der Waals surface area (Å²) in [5.41, 5.74) is 0.727. The molecule has 26 heavy (non-hydrogen) atoms. The molecule has 4 saturated heterocycles. The highest BCUT2D eigenvalue weighted by molar-refractivity contribution is 9.11. The van der Waals surface area contributed by atoms with E-state index in [4.69, 9.17) is 4.74 Å². The monoisotopic (exact) mass is 551 g/mol. The summed E-state index contributed by atoms with van der Waals surface area (Å²) in [6, 6.07) is 3.78. The first-order valence-electron chi connectivity index (χ1n) is 8.71. The minimum atomic E-state index is 0.184. The van der Waals surface area contributed by atoms with E-state index in [1.807, 2.05) is 12.1 Å². The predicted molar refractivity (Wildman–Crippen MR) is 110 cm³/mol. The summed E-state index contributed by atoms with van der Waals surface area (Å²) in [6.45, 7) is 7.16. The Bertz CT molecular complexity index is 657. The average Bonchev–Trinajstić information content (AvgIpc) is 2.55. The third-order valence-corrected chi connectivity index (χ3v) is 6.76. The average molecular weight is 554 g/mol. The Balaban J connectivity index is 1.48. The molecular formula is C17H22Br3N4O2+. The van der Waals surface area contributed by atoms with Crippen molar-refractivity contribution >= 4 is 53.6 Å². The molecule has 5 rings (SSSR count). The van der Waals surface area contributed by atoms with Crippen LogP contribution in [-0.4, -0.2) is 83.5 Å². The van der Waals surface area contributed by atoms with Crippen molar-refractivity contribution in [2.45, 2.75) is 6.42 Å². The Morgan fingerprint density at radius 1 is 1.04 bits per heavy atom. The summed E-state index contributed by atoms with van der Waals surface area (Å²) in [7, 11) is 0. The molecule has 0 radical (unpaired) electrons. The summed E-state index contributed by atoms with van der Waals surface area (Å²) < 4.78 is 8.27. The van der Waals surface area contributed by atoms with Crippen LogP contribution in [0.25, 0.3) is 0 Å². The molecule has 142 valence electrons. The number of benzene rings is 1. The van der Waals surface area contributed by atoms with Gasteiger partial charge >= 0.3 is 0 Å². The Morgan fingerprint density at radius 3 is 2.08 bits per heavy atom. The van der Waals surface area contributed by atoms with E-state index in [9.17, 15) is 4.79 Å². The molecule has 0 unspecified atom stereocenters. The van der Waals surface area contributed by atoms with E-state index in [1.54, 1.807) is 0 Å². The van der Waals surface area contributed by atoms with Gasteiger partial charge in [-0.05, 0) is 50.4 Å². The van der Waals surface area contributed by atoms with Gasteiger partial charge in [-0.15, -0.1) is 0 Å². The zero-order chi connectivity index (χ0) is 18.3. The van der Waals surface area contributed by atoms with Crippen molar-refractivity contribution in [3.8, 4) is 5.75 Å². The van der Waals surface area contributed by atoms with Gasteiger partial charge in [-0.2, -0.15) is 0 Å². The lowest BCUT2D eigenvalue weighted by Crippen LogP contribution is -2.79. The summed E-state index contributed by atoms with van der Waals surface area (Å²) in [5.74, 6) is 0.944. The molecule has 0 aromatic heterocycles. The number of ketones is 1. The number of halogens is 3. The van der Waals surface area contributed by atoms with Gasteiger partial charge in [0, 0.05) is 10.9 Å². The first-order valence-corrected chi connectivity index (χ1v) is 11.4. The van der Waals surface area contributed by atoms with E-state index in [-0.39, 0.29) is 5.78 Å². The standard InChI is InChI=1S/C17H22Br3N4O2/c18-2-1-3-26-17-14(19)4-13(5-15(17)20)16(25)6-24-10-21-7-22(11-24)9-23(8-21)12-24/h4-5H,1-3,6-12H2/q+1. The van der Waals surface area contributed by atoms with Crippen LogP contribution in [0.3, 0.4) is 0 Å². The molecule has 0 amide bonds. The summed E-state index contributed by atoms with van der Waals surface area (Å²) in [5, 5.41) is 0.907. The molecule has 4 bridgehead atoms. The van der Waals surface area contributed by atoms with Gasteiger partial charge in [0.25, 0.3) is 0 Å². The molecule has 4 aliphatic rings. The number of carbonyl (C=O) groups is 1. The third kappa shape index (κ3) is 3.90. The second-order valence-corrected chi connectivity index (χ2v) is 9.95. The lowest BCUT2D eigenvalue weighted by Gasteiger charge is -2.60. The topological polar surface area (TPSA) is 36.0 Å². The Kier molecular flexibility index (Phi) is 5.77. The number of hydrogen-bond acceptors (Lipinski definition) is 5. The lowest BCUT2D eigenvalue weighted by atomic mass is 10.1. The highest BCUT2D eigenvalue weighted by Crippen LogP contribution is 2.36. The molecule has 4 heterocycles. The molecule has 1 aromatic rings. The van der Waals surface area contributed by atoms with Gasteiger partial charge in [0.15, 0.2) is 0 Å². The van der Waals surface area contributed by atoms with Crippen LogP contribution in [0.1, 0.15) is 16.8 Å². The first kappa shape index (κ1) is 19.3. The maximum Gasteiger partial charge on any atom is 0.217 e. The van der Waals surface area contributed by atoms with E-state index < -0.39 is 0 Å². The minimum absolute atomic E-state index is 0.184. The van der Waals surface area contributed by atoms with E-state index in [1.165, 1.54) is 0 Å². The van der Waals surface area contributed by atoms with Gasteiger partial charge < -0.3 is 4.74 Å². The number of rotatable bonds is 7. The largest absolute Gasteiger partial charge is 0.491 e. The van der Waals surface area contributed by atoms with Gasteiger partial charge in [-0.3, -0.25) is 9.28 Å². The van der Waals surface area contributed by atoms with Gasteiger partial charge in [0.2, 0.25) is 5.78 Å². The Morgan fingerprint density at radius 2 is 1.58 bits per heavy atom. The van der Waals surface area contributed by atoms with Gasteiger partial charge in [-0.25, -0.2) is 14.7 Å². The summed E-state index contributed by atoms with van der Waals surface area (Å²) >= 11 is 10.5. The van der Waals surface area contributed by atoms with Crippen LogP contribution in [0.2, 0.25) is 0 Å². The molecule has 4 fully saturated rings. The zero-order valence-corrected chi connectivity index (χ0v) is 19.2. The molecule has 1 aromatic carbocycles. The van der Waals surface area contributed by atoms with E-state index in [0.29, 0.717) is 13.2 Å². The van der Waals surface area contributed by atoms with Crippen LogP contribution >= 0.6 is 47.8 Å². The molecule has 0 atom stereocenters. The molecule has 0 N–H and O–H groups in total. The fourth-order valence-corrected chi connectivity index (χ4v) is 5.94. The van der Waals surface area contributed by atoms with Crippen molar-refractivity contribution < 1.29 is 14.0 Å². The van der Waals surface area contributed by atoms with Gasteiger partial charge in [-0.1, -0.05) is 15.9 Å². The number of nitrogens with zero attached hydrogens (tertiary/aromatic N) is 4. The maximum atomic E-state index is 13.0. The molecule has 0 saturated carbocycles. The van der Waals surface area contributed by atoms with Crippen LogP contribution in [0, 0.1) is 0 Å². The molecule has 0 aliphatic carbocycles. The number of quaternary nitrogens is 1. The van der Waals surface area contributed by atoms with Crippen LogP contribution in [-0.2, 0) is 0 Å². The fraction of sp³-hybridized carbons (Fsp3) is 0.588. The first-order chi connectivity index (χ1) is 12.5. The van der Waals surface area contributed by atoms with Crippen molar-refractivity contribution in [2.24, 2.45) is 0 Å². The zero-order valence-electron chi connectivity index (χ0n) is 14.5. The number of ether oxygens (including phenoxy) is 1. The van der Waals surface area contributed by atoms with Gasteiger partial charge in [0.1, 0.15) is 32.3 Å². The second kappa shape index (κ2) is 7.77. The summed E-state index contributed by atoms with van der Waals surface area (Å²) in [6.07, 6.45) is 0.934. The van der Waals surface area contributed by atoms with E-state index in [0.717, 1.165) is 76.5 Å². The lowest BCUT2D eigenvalue weighted by molar-refractivity contribution is -0.973. The summed E-state index contributed by atoms with van der Waals surface area (Å²) in [4.78, 5) is 20.3. The predicted octanol–water partition coefficient (Wildman–Crippen LogP) is 3.07. The molecule has 4 aliphatic heterocycles. The highest BCUT2D eigenvalue weighted by atomic mass is 79.9. The second-order valence-electron chi connectivity index (χ2n) is 7.44. The van der Waals surface area contributed by atoms with Crippen LogP contribution in [0.15, 0.2) is 21.1 Å². The fourth-order valence-electron chi connectivity index (χ4n) is 4.29. The quantitative estimate of drug-likeness (QED) is 0.224. The SMILES string of the molecule is O=C(C[N+]12CN3CN(CN(C3)C1)C2)c1cc(Br)c(OCCCBr)c(Br)c1. The van der Waals surface area contributed by atoms with E-state index in [2.05, 4.69) is 62.5 Å². The molecule has 9 heteroatoms.